The first-order valence-electron chi connectivity index (χ1n) is 20.8. The molecule has 0 bridgehead atoms. The first-order chi connectivity index (χ1) is 29.3. The second kappa shape index (κ2) is 11.1. The van der Waals surface area contributed by atoms with Gasteiger partial charge in [-0.3, -0.25) is 0 Å². The van der Waals surface area contributed by atoms with Crippen molar-refractivity contribution in [3.63, 3.8) is 0 Å². The normalized spacial score (nSPS) is 14.7. The van der Waals surface area contributed by atoms with Crippen molar-refractivity contribution in [3.8, 4) is 27.9 Å². The van der Waals surface area contributed by atoms with Crippen molar-refractivity contribution in [3.05, 3.63) is 257 Å². The second-order valence-corrected chi connectivity index (χ2v) is 16.7. The quantitative estimate of drug-likeness (QED) is 0.158. The van der Waals surface area contributed by atoms with Gasteiger partial charge in [-0.1, -0.05) is 188 Å². The molecule has 3 aliphatic carbocycles. The van der Waals surface area contributed by atoms with Gasteiger partial charge in [-0.05, 0) is 107 Å². The van der Waals surface area contributed by atoms with Crippen molar-refractivity contribution >= 4 is 43.4 Å². The highest BCUT2D eigenvalue weighted by Crippen LogP contribution is 2.67. The van der Waals surface area contributed by atoms with Crippen molar-refractivity contribution < 1.29 is 0 Å². The van der Waals surface area contributed by atoms with Gasteiger partial charge in [-0.2, -0.15) is 0 Å². The van der Waals surface area contributed by atoms with Crippen LogP contribution in [-0.2, 0) is 10.8 Å². The van der Waals surface area contributed by atoms with Gasteiger partial charge in [0.15, 0.2) is 0 Å². The molecule has 10 aromatic carbocycles. The highest BCUT2D eigenvalue weighted by atomic mass is 15.0. The molecular weight excluding hydrogens is 711 g/mol. The lowest BCUT2D eigenvalue weighted by atomic mass is 9.52. The molecule has 59 heavy (non-hydrogen) atoms. The summed E-state index contributed by atoms with van der Waals surface area (Å²) in [4.78, 5) is 0. The summed E-state index contributed by atoms with van der Waals surface area (Å²) in [6.45, 7) is 0. The van der Waals surface area contributed by atoms with Gasteiger partial charge in [0.1, 0.15) is 0 Å². The maximum absolute atomic E-state index is 2.59. The van der Waals surface area contributed by atoms with Gasteiger partial charge >= 0.3 is 0 Å². The van der Waals surface area contributed by atoms with Crippen molar-refractivity contribution in [1.29, 1.82) is 0 Å². The highest BCUT2D eigenvalue weighted by molar-refractivity contribution is 6.23. The van der Waals surface area contributed by atoms with E-state index >= 15 is 0 Å². The van der Waals surface area contributed by atoms with Crippen LogP contribution in [0.1, 0.15) is 44.5 Å². The van der Waals surface area contributed by atoms with E-state index in [0.717, 1.165) is 0 Å². The SMILES string of the molecule is c1ccc2c(c1)-c1ccccc1C21c2ccccc2C2(c3ccccc3-c3cc4c5c6ccccc6ccc5n(-c5cccc6ccccc56)c4cc32)c2ccccc21. The topological polar surface area (TPSA) is 4.93 Å². The third-order valence-electron chi connectivity index (χ3n) is 14.2. The standard InChI is InChI=1S/C58H35N/c1-3-19-38-36(16-1)18-15-31-53(38)59-54-33-32-37-17-2-4-20-39(37)56(54)44-34-43-42-23-7-10-26-47(42)58(52(43)35-55(44)59)50-29-13-11-27-48(50)57(49-28-12-14-30-51(49)58)45-24-8-5-21-40(45)41-22-6-9-25-46(41)57/h1-35H. The van der Waals surface area contributed by atoms with Crippen molar-refractivity contribution in [1.82, 2.24) is 4.57 Å². The minimum Gasteiger partial charge on any atom is -0.309 e. The Kier molecular flexibility index (Phi) is 5.96. The van der Waals surface area contributed by atoms with Gasteiger partial charge in [0.25, 0.3) is 0 Å². The predicted octanol–water partition coefficient (Wildman–Crippen LogP) is 14.1. The molecule has 0 saturated heterocycles. The van der Waals surface area contributed by atoms with E-state index in [0.29, 0.717) is 0 Å². The maximum Gasteiger partial charge on any atom is 0.0720 e. The lowest BCUT2D eigenvalue weighted by Crippen LogP contribution is -2.43. The largest absolute Gasteiger partial charge is 0.309 e. The van der Waals surface area contributed by atoms with Crippen LogP contribution in [0.3, 0.4) is 0 Å². The third kappa shape index (κ3) is 3.65. The monoisotopic (exact) mass is 745 g/mol. The van der Waals surface area contributed by atoms with Crippen molar-refractivity contribution in [2.75, 3.05) is 0 Å². The number of hydrogen-bond donors (Lipinski definition) is 0. The molecule has 272 valence electrons. The molecule has 2 spiro atoms. The summed E-state index contributed by atoms with van der Waals surface area (Å²) in [7, 11) is 0. The molecule has 0 aliphatic heterocycles. The van der Waals surface area contributed by atoms with E-state index in [4.69, 9.17) is 0 Å². The van der Waals surface area contributed by atoms with Gasteiger partial charge in [-0.15, -0.1) is 0 Å². The Bertz CT molecular complexity index is 3540. The van der Waals surface area contributed by atoms with Crippen molar-refractivity contribution in [2.45, 2.75) is 10.8 Å². The van der Waals surface area contributed by atoms with Gasteiger partial charge in [-0.25, -0.2) is 0 Å². The average Bonchev–Trinajstić information content (AvgIpc) is 3.90. The summed E-state index contributed by atoms with van der Waals surface area (Å²) in [6.07, 6.45) is 0. The van der Waals surface area contributed by atoms with E-state index in [9.17, 15) is 0 Å². The third-order valence-corrected chi connectivity index (χ3v) is 14.2. The van der Waals surface area contributed by atoms with E-state index in [-0.39, 0.29) is 0 Å². The Morgan fingerprint density at radius 1 is 0.271 bits per heavy atom. The van der Waals surface area contributed by atoms with Crippen LogP contribution in [0.2, 0.25) is 0 Å². The molecule has 0 saturated carbocycles. The van der Waals surface area contributed by atoms with Crippen LogP contribution in [0, 0.1) is 0 Å². The van der Waals surface area contributed by atoms with Gasteiger partial charge in [0, 0.05) is 16.2 Å². The zero-order valence-corrected chi connectivity index (χ0v) is 32.2. The summed E-state index contributed by atoms with van der Waals surface area (Å²) in [5, 5.41) is 7.60. The van der Waals surface area contributed by atoms with Crippen LogP contribution in [0.5, 0.6) is 0 Å². The Hall–Kier alpha value is -7.48. The van der Waals surface area contributed by atoms with Gasteiger partial charge < -0.3 is 4.57 Å². The fraction of sp³-hybridized carbons (Fsp3) is 0.0345. The Morgan fingerprint density at radius 3 is 1.31 bits per heavy atom. The molecule has 0 unspecified atom stereocenters. The lowest BCUT2D eigenvalue weighted by molar-refractivity contribution is 0.633. The zero-order valence-electron chi connectivity index (χ0n) is 32.2. The van der Waals surface area contributed by atoms with Gasteiger partial charge in [0.2, 0.25) is 0 Å². The summed E-state index contributed by atoms with van der Waals surface area (Å²) in [6, 6.07) is 80.6. The zero-order chi connectivity index (χ0) is 38.5. The first kappa shape index (κ1) is 31.6. The van der Waals surface area contributed by atoms with Crippen LogP contribution >= 0.6 is 0 Å². The minimum absolute atomic E-state index is 0.468. The molecule has 3 aliphatic rings. The molecule has 11 aromatic rings. The number of hydrogen-bond acceptors (Lipinski definition) is 0. The molecule has 1 heterocycles. The summed E-state index contributed by atoms with van der Waals surface area (Å²) < 4.78 is 2.56. The molecule has 14 rings (SSSR count). The van der Waals surface area contributed by atoms with E-state index in [1.54, 1.807) is 0 Å². The lowest BCUT2D eigenvalue weighted by Gasteiger charge is -2.48. The number of nitrogens with zero attached hydrogens (tertiary/aromatic N) is 1. The maximum atomic E-state index is 2.59. The predicted molar refractivity (Wildman–Crippen MR) is 244 cm³/mol. The number of rotatable bonds is 1. The molecule has 1 aromatic heterocycles. The fourth-order valence-corrected chi connectivity index (χ4v) is 12.2. The number of fused-ring (bicyclic) bond motifs is 22. The molecule has 1 heteroatoms. The smallest absolute Gasteiger partial charge is 0.0720 e. The number of aromatic nitrogens is 1. The molecule has 0 N–H and O–H groups in total. The average molecular weight is 746 g/mol. The first-order valence-corrected chi connectivity index (χ1v) is 20.8. The van der Waals surface area contributed by atoms with E-state index in [2.05, 4.69) is 217 Å². The fourth-order valence-electron chi connectivity index (χ4n) is 12.2. The molecule has 0 fully saturated rings. The van der Waals surface area contributed by atoms with Crippen LogP contribution in [0.4, 0.5) is 0 Å². The van der Waals surface area contributed by atoms with Crippen LogP contribution in [-0.4, -0.2) is 4.57 Å². The summed E-state index contributed by atoms with van der Waals surface area (Å²) in [5.41, 5.74) is 18.7. The van der Waals surface area contributed by atoms with Crippen LogP contribution < -0.4 is 0 Å². The van der Waals surface area contributed by atoms with Gasteiger partial charge in [0.05, 0.1) is 27.6 Å². The second-order valence-electron chi connectivity index (χ2n) is 16.7. The summed E-state index contributed by atoms with van der Waals surface area (Å²) >= 11 is 0. The van der Waals surface area contributed by atoms with E-state index in [1.807, 2.05) is 0 Å². The van der Waals surface area contributed by atoms with Crippen molar-refractivity contribution in [2.24, 2.45) is 0 Å². The molecule has 0 radical (unpaired) electrons. The van der Waals surface area contributed by atoms with Crippen LogP contribution in [0.15, 0.2) is 212 Å². The van der Waals surface area contributed by atoms with E-state index in [1.165, 1.54) is 116 Å². The Morgan fingerprint density at radius 2 is 0.712 bits per heavy atom. The highest BCUT2D eigenvalue weighted by Gasteiger charge is 2.59. The molecular formula is C58H35N. The summed E-state index contributed by atoms with van der Waals surface area (Å²) in [5.74, 6) is 0. The Labute approximate surface area is 342 Å². The molecule has 1 nitrogen and oxygen atoms in total. The Balaban J connectivity index is 1.18. The van der Waals surface area contributed by atoms with E-state index < -0.39 is 10.8 Å². The minimum atomic E-state index is -0.562. The molecule has 0 atom stereocenters. The number of benzene rings is 10. The molecule has 0 amide bonds. The van der Waals surface area contributed by atoms with Crippen LogP contribution in [0.25, 0.3) is 71.3 Å².